The number of rotatable bonds is 6. The molecule has 0 radical (unpaired) electrons. The zero-order valence-electron chi connectivity index (χ0n) is 21.1. The highest BCUT2D eigenvalue weighted by molar-refractivity contribution is 5.86. The smallest absolute Gasteiger partial charge is 0.310 e. The predicted octanol–water partition coefficient (Wildman–Crippen LogP) is 5.34. The number of benzene rings is 1. The lowest BCUT2D eigenvalue weighted by Crippen LogP contribution is -2.49. The maximum atomic E-state index is 12.3. The molecule has 0 saturated heterocycles. The van der Waals surface area contributed by atoms with E-state index in [2.05, 4.69) is 74.6 Å². The number of ether oxygens (including phenoxy) is 1. The van der Waals surface area contributed by atoms with Gasteiger partial charge in [0.15, 0.2) is 0 Å². The second kappa shape index (κ2) is 8.94. The predicted molar refractivity (Wildman–Crippen MR) is 133 cm³/mol. The van der Waals surface area contributed by atoms with Crippen molar-refractivity contribution in [2.45, 2.75) is 67.0 Å². The molecule has 0 saturated carbocycles. The molecule has 0 N–H and O–H groups in total. The van der Waals surface area contributed by atoms with E-state index in [0.717, 1.165) is 42.7 Å². The van der Waals surface area contributed by atoms with Gasteiger partial charge in [-0.25, -0.2) is 0 Å². The number of likely N-dealkylation sites (N-methyl/N-ethyl adjacent to an activating group) is 1. The highest BCUT2D eigenvalue weighted by Gasteiger charge is 2.34. The number of hydrogen-bond acceptors (Lipinski definition) is 3. The van der Waals surface area contributed by atoms with Gasteiger partial charge in [-0.05, 0) is 49.4 Å². The Morgan fingerprint density at radius 3 is 2.67 bits per heavy atom. The monoisotopic (exact) mass is 448 g/mol. The normalized spacial score (nSPS) is 18.4. The molecule has 2 aromatic heterocycles. The highest BCUT2D eigenvalue weighted by atomic mass is 16.5. The van der Waals surface area contributed by atoms with E-state index in [1.54, 1.807) is 0 Å². The van der Waals surface area contributed by atoms with Crippen LogP contribution in [0.4, 0.5) is 0 Å². The quantitative estimate of drug-likeness (QED) is 0.378. The van der Waals surface area contributed by atoms with Crippen LogP contribution in [0.1, 0.15) is 55.3 Å². The van der Waals surface area contributed by atoms with Crippen LogP contribution in [0.15, 0.2) is 36.5 Å². The van der Waals surface area contributed by atoms with Crippen LogP contribution in [0.2, 0.25) is 0 Å². The largest absolute Gasteiger partial charge is 0.415 e. The molecule has 0 spiro atoms. The number of hydrogen-bond donors (Lipinski definition) is 0. The van der Waals surface area contributed by atoms with Gasteiger partial charge in [0.2, 0.25) is 6.73 Å². The van der Waals surface area contributed by atoms with Crippen LogP contribution >= 0.6 is 0 Å². The van der Waals surface area contributed by atoms with E-state index in [9.17, 15) is 4.79 Å². The number of carbonyl (C=O) groups excluding carboxylic acids is 1. The van der Waals surface area contributed by atoms with Gasteiger partial charge in [0, 0.05) is 47.0 Å². The Morgan fingerprint density at radius 2 is 1.97 bits per heavy atom. The summed E-state index contributed by atoms with van der Waals surface area (Å²) in [4.78, 5) is 16.8. The van der Waals surface area contributed by atoms with E-state index in [1.165, 1.54) is 33.3 Å². The fourth-order valence-corrected chi connectivity index (χ4v) is 4.85. The van der Waals surface area contributed by atoms with E-state index in [1.807, 2.05) is 13.1 Å². The third-order valence-electron chi connectivity index (χ3n) is 6.68. The molecule has 0 fully saturated rings. The van der Waals surface area contributed by atoms with Crippen molar-refractivity contribution < 1.29 is 14.0 Å². The van der Waals surface area contributed by atoms with Gasteiger partial charge in [0.1, 0.15) is 6.54 Å². The molecule has 176 valence electrons. The molecular weight excluding hydrogens is 410 g/mol. The second-order valence-electron chi connectivity index (χ2n) is 11.3. The molecule has 1 aliphatic rings. The summed E-state index contributed by atoms with van der Waals surface area (Å²) in [5.74, 6) is -0.0994. The molecular formula is C28H38N3O2+. The summed E-state index contributed by atoms with van der Waals surface area (Å²) in [6, 6.07) is 11.1. The van der Waals surface area contributed by atoms with Crippen molar-refractivity contribution >= 4 is 16.9 Å². The average molecular weight is 449 g/mol. The molecule has 4 rings (SSSR count). The Labute approximate surface area is 198 Å². The molecule has 0 amide bonds. The van der Waals surface area contributed by atoms with Gasteiger partial charge in [0.25, 0.3) is 0 Å². The van der Waals surface area contributed by atoms with E-state index < -0.39 is 0 Å². The SMILES string of the molecule is Cc1ccc2c(c1)c1c(n2CCc2ccc(C)nc2)CC[N+](C)(COC(=O)CC(C)(C)C)C1. The van der Waals surface area contributed by atoms with E-state index in [0.29, 0.717) is 13.2 Å². The molecule has 0 aliphatic carbocycles. The van der Waals surface area contributed by atoms with E-state index >= 15 is 0 Å². The Bertz CT molecular complexity index is 1150. The minimum atomic E-state index is -0.0994. The van der Waals surface area contributed by atoms with Crippen LogP contribution in [-0.4, -0.2) is 40.3 Å². The Hall–Kier alpha value is -2.66. The van der Waals surface area contributed by atoms with Crippen molar-refractivity contribution in [2.24, 2.45) is 5.41 Å². The summed E-state index contributed by atoms with van der Waals surface area (Å²) in [7, 11) is 2.21. The van der Waals surface area contributed by atoms with Crippen molar-refractivity contribution in [3.05, 3.63) is 64.6 Å². The first-order valence-corrected chi connectivity index (χ1v) is 12.0. The summed E-state index contributed by atoms with van der Waals surface area (Å²) in [5.41, 5.74) is 7.71. The second-order valence-corrected chi connectivity index (χ2v) is 11.3. The number of pyridine rings is 1. The average Bonchev–Trinajstić information content (AvgIpc) is 3.03. The summed E-state index contributed by atoms with van der Waals surface area (Å²) in [6.45, 7) is 13.6. The molecule has 1 aliphatic heterocycles. The number of aromatic nitrogens is 2. The van der Waals surface area contributed by atoms with Crippen molar-refractivity contribution in [1.82, 2.24) is 9.55 Å². The maximum Gasteiger partial charge on any atom is 0.310 e. The van der Waals surface area contributed by atoms with Crippen molar-refractivity contribution in [1.29, 1.82) is 0 Å². The third-order valence-corrected chi connectivity index (χ3v) is 6.68. The summed E-state index contributed by atoms with van der Waals surface area (Å²) in [6.07, 6.45) is 4.40. The molecule has 1 unspecified atom stereocenters. The van der Waals surface area contributed by atoms with Crippen LogP contribution in [0.3, 0.4) is 0 Å². The zero-order chi connectivity index (χ0) is 23.8. The number of carbonyl (C=O) groups is 1. The number of nitrogens with zero attached hydrogens (tertiary/aromatic N) is 3. The van der Waals surface area contributed by atoms with Crippen molar-refractivity contribution in [2.75, 3.05) is 20.3 Å². The fraction of sp³-hybridized carbons (Fsp3) is 0.500. The first-order valence-electron chi connectivity index (χ1n) is 12.0. The molecule has 3 heterocycles. The molecule has 1 aromatic carbocycles. The van der Waals surface area contributed by atoms with Crippen LogP contribution in [0.5, 0.6) is 0 Å². The summed E-state index contributed by atoms with van der Waals surface area (Å²) in [5, 5.41) is 1.34. The van der Waals surface area contributed by atoms with Gasteiger partial charge < -0.3 is 9.30 Å². The third kappa shape index (κ3) is 5.47. The lowest BCUT2D eigenvalue weighted by atomic mass is 9.92. The van der Waals surface area contributed by atoms with E-state index in [4.69, 9.17) is 4.74 Å². The van der Waals surface area contributed by atoms with Gasteiger partial charge >= 0.3 is 5.97 Å². The number of esters is 1. The maximum absolute atomic E-state index is 12.3. The topological polar surface area (TPSA) is 44.1 Å². The van der Waals surface area contributed by atoms with Gasteiger partial charge in [-0.3, -0.25) is 14.3 Å². The first-order chi connectivity index (χ1) is 15.5. The Balaban J connectivity index is 1.57. The first kappa shape index (κ1) is 23.5. The molecule has 5 nitrogen and oxygen atoms in total. The summed E-state index contributed by atoms with van der Waals surface area (Å²) >= 11 is 0. The Kier molecular flexibility index (Phi) is 6.37. The number of quaternary nitrogens is 1. The van der Waals surface area contributed by atoms with Gasteiger partial charge in [-0.1, -0.05) is 38.5 Å². The van der Waals surface area contributed by atoms with Crippen molar-refractivity contribution in [3.8, 4) is 0 Å². The van der Waals surface area contributed by atoms with E-state index in [-0.39, 0.29) is 11.4 Å². The number of fused-ring (bicyclic) bond motifs is 3. The van der Waals surface area contributed by atoms with Crippen LogP contribution in [-0.2, 0) is 35.5 Å². The molecule has 1 atom stereocenters. The van der Waals surface area contributed by atoms with Crippen LogP contribution in [0.25, 0.3) is 10.9 Å². The lowest BCUT2D eigenvalue weighted by Gasteiger charge is -2.37. The van der Waals surface area contributed by atoms with Gasteiger partial charge in [0.05, 0.1) is 20.0 Å². The van der Waals surface area contributed by atoms with Crippen LogP contribution in [0, 0.1) is 19.3 Å². The zero-order valence-corrected chi connectivity index (χ0v) is 21.1. The highest BCUT2D eigenvalue weighted by Crippen LogP contribution is 2.34. The molecule has 0 bridgehead atoms. The Morgan fingerprint density at radius 1 is 1.18 bits per heavy atom. The van der Waals surface area contributed by atoms with Crippen LogP contribution < -0.4 is 0 Å². The van der Waals surface area contributed by atoms with Gasteiger partial charge in [-0.15, -0.1) is 0 Å². The molecule has 33 heavy (non-hydrogen) atoms. The van der Waals surface area contributed by atoms with Crippen molar-refractivity contribution in [3.63, 3.8) is 0 Å². The number of aryl methyl sites for hydroxylation is 4. The lowest BCUT2D eigenvalue weighted by molar-refractivity contribution is -0.940. The minimum Gasteiger partial charge on any atom is -0.415 e. The molecule has 3 aromatic rings. The summed E-state index contributed by atoms with van der Waals surface area (Å²) < 4.78 is 9.00. The molecule has 5 heteroatoms. The van der Waals surface area contributed by atoms with Gasteiger partial charge in [-0.2, -0.15) is 0 Å². The fourth-order valence-electron chi connectivity index (χ4n) is 4.85. The standard InChI is InChI=1S/C28H38N3O2/c1-20-7-10-25-23(15-20)24-18-31(6,19-33-27(32)16-28(3,4)5)14-12-26(24)30(25)13-11-22-9-8-21(2)29-17-22/h7-10,15,17H,11-14,16,18-19H2,1-6H3/q+1. The minimum absolute atomic E-state index is 0.0529.